The molecule has 0 saturated heterocycles. The number of nitrogens with two attached hydrogens (primary N) is 2. The average Bonchev–Trinajstić information content (AvgIpc) is 3.19. The van der Waals surface area contributed by atoms with E-state index in [1.807, 2.05) is 33.3 Å². The lowest BCUT2D eigenvalue weighted by molar-refractivity contribution is -0.434. The molecular formula is C32H34FN12O12S4+. The number of quaternary nitrogens is 1. The summed E-state index contributed by atoms with van der Waals surface area (Å²) in [6.07, 6.45) is -1.11. The highest BCUT2D eigenvalue weighted by Gasteiger charge is 2.23. The number of aromatic nitrogens is 3. The molecule has 4 aromatic carbocycles. The van der Waals surface area contributed by atoms with Crippen LogP contribution in [0.2, 0.25) is 0 Å². The van der Waals surface area contributed by atoms with E-state index in [4.69, 9.17) is 26.2 Å². The monoisotopic (exact) mass is 925 g/mol. The number of halogens is 1. The van der Waals surface area contributed by atoms with Crippen molar-refractivity contribution in [2.45, 2.75) is 14.7 Å². The zero-order valence-electron chi connectivity index (χ0n) is 31.6. The summed E-state index contributed by atoms with van der Waals surface area (Å²) < 4.78 is 88.4. The van der Waals surface area contributed by atoms with Crippen LogP contribution in [0, 0.1) is 6.08 Å². The third-order valence-electron chi connectivity index (χ3n) is 7.74. The van der Waals surface area contributed by atoms with Crippen molar-refractivity contribution in [1.82, 2.24) is 19.4 Å². The van der Waals surface area contributed by atoms with Crippen molar-refractivity contribution in [3.63, 3.8) is 0 Å². The van der Waals surface area contributed by atoms with Crippen LogP contribution in [0.25, 0.3) is 0 Å². The predicted molar refractivity (Wildman–Crippen MR) is 220 cm³/mol. The van der Waals surface area contributed by atoms with Gasteiger partial charge in [0.15, 0.2) is 22.2 Å². The SMILES string of the molecule is C[N+](C)(C)c1ccc(Nc2nc(F)nc(Nc3ccc(SOOO)c(N=Nc4c(N)c(N=Nc5ccc(S(=O)(=O)CCOSOOO)cc5)cc(S(=O)(=O)O)c4N)c3)n2)cc1. The van der Waals surface area contributed by atoms with E-state index in [2.05, 4.69) is 64.8 Å². The molecule has 0 unspecified atom stereocenters. The van der Waals surface area contributed by atoms with E-state index in [0.29, 0.717) is 22.2 Å². The highest BCUT2D eigenvalue weighted by atomic mass is 32.2. The van der Waals surface area contributed by atoms with Gasteiger partial charge < -0.3 is 22.1 Å². The average molecular weight is 926 g/mol. The molecule has 5 aromatic rings. The number of hydrogen-bond donors (Lipinski definition) is 7. The predicted octanol–water partition coefficient (Wildman–Crippen LogP) is 7.14. The van der Waals surface area contributed by atoms with Gasteiger partial charge >= 0.3 is 6.08 Å². The van der Waals surface area contributed by atoms with E-state index in [-0.39, 0.29) is 69.1 Å². The number of nitrogen functional groups attached to an aromatic ring is 2. The second-order valence-corrected chi connectivity index (χ2v) is 17.5. The third-order valence-corrected chi connectivity index (χ3v) is 11.4. The molecule has 0 radical (unpaired) electrons. The standard InChI is InChI=1S/C32H33FN12O12S4/c1-45(2,3)21-9-4-18(5-10-21)36-31-38-30(33)39-32(40-31)37-20-8-13-25(58-56-54-46)23(16-20)42-44-29-27(34)24(17-26(28(29)35)61(50,51)52)43-41-19-6-11-22(12-7-19)60(48,49)15-14-53-59-57-55-47/h4-13,16-17H,14-15,34-35H2,1-3H3,(H4-,36,37,38,39,40,46,47,50,51,52)/p+1. The first kappa shape index (κ1) is 46.5. The zero-order valence-corrected chi connectivity index (χ0v) is 34.9. The maximum Gasteiger partial charge on any atom is 0.315 e. The lowest BCUT2D eigenvalue weighted by atomic mass is 10.2. The van der Waals surface area contributed by atoms with Crippen molar-refractivity contribution in [3.8, 4) is 0 Å². The number of anilines is 6. The van der Waals surface area contributed by atoms with Crippen molar-refractivity contribution < 1.29 is 59.2 Å². The van der Waals surface area contributed by atoms with Crippen LogP contribution in [0.1, 0.15) is 0 Å². The number of nitrogens with zero attached hydrogens (tertiary/aromatic N) is 8. The normalized spacial score (nSPS) is 12.4. The molecule has 324 valence electrons. The molecule has 0 aliphatic heterocycles. The fraction of sp³-hybridized carbons (Fsp3) is 0.156. The Bertz CT molecular complexity index is 2620. The first-order chi connectivity index (χ1) is 28.9. The molecule has 29 heteroatoms. The minimum Gasteiger partial charge on any atom is -0.396 e. The minimum atomic E-state index is -5.02. The Morgan fingerprint density at radius 2 is 1.39 bits per heavy atom. The second kappa shape index (κ2) is 20.3. The van der Waals surface area contributed by atoms with E-state index in [0.717, 1.165) is 11.8 Å². The second-order valence-electron chi connectivity index (χ2n) is 12.8. The van der Waals surface area contributed by atoms with Crippen LogP contribution in [0.5, 0.6) is 0 Å². The molecule has 61 heavy (non-hydrogen) atoms. The van der Waals surface area contributed by atoms with Crippen molar-refractivity contribution >= 4 is 107 Å². The number of hydrogen-bond acceptors (Lipinski definition) is 24. The van der Waals surface area contributed by atoms with Crippen LogP contribution in [-0.4, -0.2) is 80.4 Å². The lowest BCUT2D eigenvalue weighted by Crippen LogP contribution is -2.34. The molecule has 1 aromatic heterocycles. The summed E-state index contributed by atoms with van der Waals surface area (Å²) in [5, 5.41) is 45.7. The van der Waals surface area contributed by atoms with Crippen molar-refractivity contribution in [2.75, 3.05) is 55.6 Å². The van der Waals surface area contributed by atoms with Gasteiger partial charge in [0.2, 0.25) is 11.9 Å². The third kappa shape index (κ3) is 13.0. The number of azo groups is 2. The summed E-state index contributed by atoms with van der Waals surface area (Å²) in [5.74, 6) is -0.791. The van der Waals surface area contributed by atoms with Gasteiger partial charge in [-0.15, -0.1) is 24.0 Å². The zero-order chi connectivity index (χ0) is 44.4. The van der Waals surface area contributed by atoms with Gasteiger partial charge in [-0.25, -0.2) is 18.9 Å². The summed E-state index contributed by atoms with van der Waals surface area (Å²) in [6.45, 7) is -0.314. The van der Waals surface area contributed by atoms with E-state index >= 15 is 0 Å². The summed E-state index contributed by atoms with van der Waals surface area (Å²) in [6, 6.07) is 17.4. The summed E-state index contributed by atoms with van der Waals surface area (Å²) in [7, 11) is -2.83. The van der Waals surface area contributed by atoms with Gasteiger partial charge in [-0.2, -0.15) is 32.9 Å². The van der Waals surface area contributed by atoms with Gasteiger partial charge in [-0.05, 0) is 60.7 Å². The number of rotatable bonds is 20. The van der Waals surface area contributed by atoms with Crippen molar-refractivity contribution in [3.05, 3.63) is 78.9 Å². The lowest BCUT2D eigenvalue weighted by Gasteiger charge is -2.23. The molecule has 0 aliphatic rings. The first-order valence-electron chi connectivity index (χ1n) is 16.7. The first-order valence-corrected chi connectivity index (χ1v) is 21.2. The highest BCUT2D eigenvalue weighted by Crippen LogP contribution is 2.44. The molecule has 5 rings (SSSR count). The molecular weight excluding hydrogens is 892 g/mol. The fourth-order valence-corrected chi connectivity index (χ4v) is 7.30. The summed E-state index contributed by atoms with van der Waals surface area (Å²) in [4.78, 5) is 10.8. The van der Waals surface area contributed by atoms with E-state index in [1.54, 1.807) is 12.1 Å². The summed E-state index contributed by atoms with van der Waals surface area (Å²) >= 11 is 0.699. The molecule has 24 nitrogen and oxygen atoms in total. The van der Waals surface area contributed by atoms with Crippen LogP contribution in [0.4, 0.5) is 67.5 Å². The number of benzene rings is 4. The molecule has 0 saturated carbocycles. The maximum absolute atomic E-state index is 14.6. The number of sulfone groups is 1. The topological polar surface area (TPSA) is 339 Å². The Balaban J connectivity index is 1.42. The molecule has 0 spiro atoms. The molecule has 0 atom stereocenters. The van der Waals surface area contributed by atoms with E-state index < -0.39 is 48.1 Å². The molecule has 0 amide bonds. The fourth-order valence-electron chi connectivity index (χ4n) is 4.84. The molecule has 0 fully saturated rings. The summed E-state index contributed by atoms with van der Waals surface area (Å²) in [5.41, 5.74) is 12.4. The smallest absolute Gasteiger partial charge is 0.315 e. The number of nitrogens with one attached hydrogen (secondary N) is 2. The molecule has 1 heterocycles. The quantitative estimate of drug-likeness (QED) is 0.00596. The van der Waals surface area contributed by atoms with Gasteiger partial charge in [0, 0.05) is 23.5 Å². The van der Waals surface area contributed by atoms with Crippen LogP contribution in [0.15, 0.2) is 108 Å². The molecule has 0 aliphatic carbocycles. The largest absolute Gasteiger partial charge is 0.396 e. The Labute approximate surface area is 354 Å². The van der Waals surface area contributed by atoms with Gasteiger partial charge in [-0.3, -0.25) is 13.2 Å². The van der Waals surface area contributed by atoms with Crippen LogP contribution >= 0.6 is 24.4 Å². The Hall–Kier alpha value is -5.54. The van der Waals surface area contributed by atoms with Crippen molar-refractivity contribution in [1.29, 1.82) is 0 Å². The van der Waals surface area contributed by atoms with E-state index in [9.17, 15) is 25.8 Å². The minimum absolute atomic E-state index is 0.0515. The molecule has 9 N–H and O–H groups in total. The van der Waals surface area contributed by atoms with Gasteiger partial charge in [-0.1, -0.05) is 10.1 Å². The highest BCUT2D eigenvalue weighted by molar-refractivity contribution is 7.94. The van der Waals surface area contributed by atoms with Crippen LogP contribution in [0.3, 0.4) is 0 Å². The van der Waals surface area contributed by atoms with Gasteiger partial charge in [0.1, 0.15) is 27.6 Å². The molecule has 0 bridgehead atoms. The van der Waals surface area contributed by atoms with Gasteiger partial charge in [0.05, 0.1) is 72.4 Å². The Kier molecular flexibility index (Phi) is 15.5. The Morgan fingerprint density at radius 3 is 2.02 bits per heavy atom. The Morgan fingerprint density at radius 1 is 0.770 bits per heavy atom. The van der Waals surface area contributed by atoms with Gasteiger partial charge in [0.25, 0.3) is 10.1 Å². The van der Waals surface area contributed by atoms with Crippen LogP contribution in [-0.2, 0) is 42.9 Å². The van der Waals surface area contributed by atoms with Crippen molar-refractivity contribution in [2.24, 2.45) is 20.5 Å². The van der Waals surface area contributed by atoms with E-state index in [1.165, 1.54) is 42.5 Å². The maximum atomic E-state index is 14.6. The van der Waals surface area contributed by atoms with Crippen LogP contribution < -0.4 is 26.6 Å².